The predicted octanol–water partition coefficient (Wildman–Crippen LogP) is 4.49. The van der Waals surface area contributed by atoms with Crippen molar-refractivity contribution in [1.29, 1.82) is 0 Å². The van der Waals surface area contributed by atoms with Crippen LogP contribution in [-0.2, 0) is 0 Å². The third-order valence-electron chi connectivity index (χ3n) is 6.24. The number of aromatic nitrogens is 2. The van der Waals surface area contributed by atoms with Crippen LogP contribution < -0.4 is 9.64 Å². The molecule has 0 spiro atoms. The number of benzene rings is 2. The van der Waals surface area contributed by atoms with Gasteiger partial charge in [0.15, 0.2) is 11.5 Å². The van der Waals surface area contributed by atoms with Gasteiger partial charge in [-0.1, -0.05) is 18.2 Å². The van der Waals surface area contributed by atoms with Crippen LogP contribution in [0.15, 0.2) is 36.4 Å². The minimum atomic E-state index is 0.161. The molecule has 4 rings (SSSR count). The van der Waals surface area contributed by atoms with Crippen molar-refractivity contribution in [2.45, 2.75) is 27.2 Å². The van der Waals surface area contributed by atoms with E-state index in [-0.39, 0.29) is 5.75 Å². The summed E-state index contributed by atoms with van der Waals surface area (Å²) in [7, 11) is 1.56. The van der Waals surface area contributed by atoms with Crippen molar-refractivity contribution >= 4 is 22.9 Å². The first-order chi connectivity index (χ1) is 15.4. The van der Waals surface area contributed by atoms with Crippen LogP contribution in [0.5, 0.6) is 11.5 Å². The number of fused-ring (bicyclic) bond motifs is 1. The second-order valence-electron chi connectivity index (χ2n) is 8.54. The van der Waals surface area contributed by atoms with Gasteiger partial charge in [0, 0.05) is 38.1 Å². The van der Waals surface area contributed by atoms with Gasteiger partial charge in [0.1, 0.15) is 0 Å². The lowest BCUT2D eigenvalue weighted by Crippen LogP contribution is -2.32. The van der Waals surface area contributed by atoms with E-state index in [1.165, 1.54) is 11.1 Å². The van der Waals surface area contributed by atoms with Crippen molar-refractivity contribution in [1.82, 2.24) is 14.9 Å². The predicted molar refractivity (Wildman–Crippen MR) is 131 cm³/mol. The number of rotatable bonds is 5. The minimum Gasteiger partial charge on any atom is -0.504 e. The molecule has 2 heterocycles. The fraction of sp³-hybridized carbons (Fsp3) is 0.385. The number of methoxy groups -OCH3 is 1. The van der Waals surface area contributed by atoms with Crippen molar-refractivity contribution in [3.63, 3.8) is 0 Å². The van der Waals surface area contributed by atoms with Crippen LogP contribution in [-0.4, -0.2) is 59.8 Å². The third kappa shape index (κ3) is 4.86. The van der Waals surface area contributed by atoms with Crippen molar-refractivity contribution < 1.29 is 9.84 Å². The maximum Gasteiger partial charge on any atom is 0.226 e. The Kier molecular flexibility index (Phi) is 6.61. The second-order valence-corrected chi connectivity index (χ2v) is 8.54. The highest BCUT2D eigenvalue weighted by Crippen LogP contribution is 2.27. The molecule has 1 aliphatic rings. The van der Waals surface area contributed by atoms with E-state index >= 15 is 0 Å². The van der Waals surface area contributed by atoms with Gasteiger partial charge in [0.05, 0.1) is 18.3 Å². The molecule has 32 heavy (non-hydrogen) atoms. The highest BCUT2D eigenvalue weighted by atomic mass is 16.5. The molecule has 6 nitrogen and oxygen atoms in total. The summed E-state index contributed by atoms with van der Waals surface area (Å²) >= 11 is 0. The molecule has 3 aromatic rings. The third-order valence-corrected chi connectivity index (χ3v) is 6.24. The molecule has 0 radical (unpaired) electrons. The van der Waals surface area contributed by atoms with E-state index in [1.54, 1.807) is 13.2 Å². The van der Waals surface area contributed by atoms with Crippen LogP contribution in [0.1, 0.15) is 28.8 Å². The smallest absolute Gasteiger partial charge is 0.226 e. The van der Waals surface area contributed by atoms with Crippen LogP contribution in [0.2, 0.25) is 0 Å². The average molecular weight is 433 g/mol. The molecule has 0 saturated carbocycles. The number of hydrogen-bond acceptors (Lipinski definition) is 6. The lowest BCUT2D eigenvalue weighted by Gasteiger charge is -2.22. The molecule has 6 heteroatoms. The lowest BCUT2D eigenvalue weighted by atomic mass is 10.1. The van der Waals surface area contributed by atoms with Crippen LogP contribution >= 0.6 is 0 Å². The van der Waals surface area contributed by atoms with Gasteiger partial charge in [-0.25, -0.2) is 9.97 Å². The van der Waals surface area contributed by atoms with Gasteiger partial charge in [0.2, 0.25) is 5.95 Å². The Morgan fingerprint density at radius 3 is 2.62 bits per heavy atom. The first kappa shape index (κ1) is 22.1. The Morgan fingerprint density at radius 2 is 1.81 bits per heavy atom. The van der Waals surface area contributed by atoms with Crippen LogP contribution in [0.4, 0.5) is 5.95 Å². The zero-order valence-electron chi connectivity index (χ0n) is 19.4. The molecular formula is C26H32N4O2. The zero-order valence-corrected chi connectivity index (χ0v) is 19.4. The molecule has 0 atom stereocenters. The standard InChI is InChI=1S/C26H32N4O2/c1-18-15-22-20(3)27-26(28-23(22)16-19(18)2)30-12-6-11-29(13-14-30)10-5-7-21-8-9-24(31)25(17-21)32-4/h5,7-9,15-17,31H,6,10-14H2,1-4H3/b7-5+. The number of ether oxygens (including phenoxy) is 1. The molecule has 0 amide bonds. The minimum absolute atomic E-state index is 0.161. The summed E-state index contributed by atoms with van der Waals surface area (Å²) in [6.07, 6.45) is 5.32. The Bertz CT molecular complexity index is 1140. The van der Waals surface area contributed by atoms with Gasteiger partial charge in [-0.15, -0.1) is 0 Å². The van der Waals surface area contributed by atoms with Crippen LogP contribution in [0.3, 0.4) is 0 Å². The molecule has 0 bridgehead atoms. The van der Waals surface area contributed by atoms with E-state index in [0.29, 0.717) is 5.75 Å². The normalized spacial score (nSPS) is 15.4. The summed E-state index contributed by atoms with van der Waals surface area (Å²) in [5, 5.41) is 10.9. The van der Waals surface area contributed by atoms with E-state index in [9.17, 15) is 5.11 Å². The summed E-state index contributed by atoms with van der Waals surface area (Å²) in [4.78, 5) is 14.5. The Hall–Kier alpha value is -3.12. The largest absolute Gasteiger partial charge is 0.504 e. The Morgan fingerprint density at radius 1 is 1.00 bits per heavy atom. The van der Waals surface area contributed by atoms with Crippen LogP contribution in [0.25, 0.3) is 17.0 Å². The van der Waals surface area contributed by atoms with E-state index in [4.69, 9.17) is 14.7 Å². The summed E-state index contributed by atoms with van der Waals surface area (Å²) in [5.74, 6) is 1.49. The molecule has 1 saturated heterocycles. The van der Waals surface area contributed by atoms with E-state index < -0.39 is 0 Å². The molecule has 1 aromatic heterocycles. The van der Waals surface area contributed by atoms with Gasteiger partial charge in [-0.05, 0) is 68.1 Å². The lowest BCUT2D eigenvalue weighted by molar-refractivity contribution is 0.326. The fourth-order valence-corrected chi connectivity index (χ4v) is 4.16. The summed E-state index contributed by atoms with van der Waals surface area (Å²) in [5.41, 5.74) is 5.63. The Balaban J connectivity index is 1.41. The van der Waals surface area contributed by atoms with E-state index in [0.717, 1.165) is 67.3 Å². The topological polar surface area (TPSA) is 61.7 Å². The fourth-order valence-electron chi connectivity index (χ4n) is 4.16. The summed E-state index contributed by atoms with van der Waals surface area (Å²) < 4.78 is 5.19. The number of phenolic OH excluding ortho intramolecular Hbond substituents is 1. The van der Waals surface area contributed by atoms with Crippen LogP contribution in [0, 0.1) is 20.8 Å². The molecule has 2 aromatic carbocycles. The number of aromatic hydroxyl groups is 1. The summed E-state index contributed by atoms with van der Waals surface area (Å²) in [6.45, 7) is 11.1. The van der Waals surface area contributed by atoms with E-state index in [1.807, 2.05) is 12.1 Å². The quantitative estimate of drug-likeness (QED) is 0.641. The van der Waals surface area contributed by atoms with Gasteiger partial charge < -0.3 is 14.7 Å². The average Bonchev–Trinajstić information content (AvgIpc) is 3.02. The monoisotopic (exact) mass is 432 g/mol. The maximum atomic E-state index is 9.74. The molecular weight excluding hydrogens is 400 g/mol. The highest BCUT2D eigenvalue weighted by Gasteiger charge is 2.18. The van der Waals surface area contributed by atoms with Crippen molar-refractivity contribution in [2.24, 2.45) is 0 Å². The SMILES string of the molecule is COc1cc(/C=C/CN2CCCN(c3nc(C)c4cc(C)c(C)cc4n3)CC2)ccc1O. The molecule has 0 unspecified atom stereocenters. The number of nitrogens with zero attached hydrogens (tertiary/aromatic N) is 4. The molecule has 1 aliphatic heterocycles. The first-order valence-corrected chi connectivity index (χ1v) is 11.2. The molecule has 168 valence electrons. The van der Waals surface area contributed by atoms with Gasteiger partial charge in [-0.3, -0.25) is 4.90 Å². The summed E-state index contributed by atoms with van der Waals surface area (Å²) in [6, 6.07) is 9.77. The van der Waals surface area contributed by atoms with Crippen molar-refractivity contribution in [3.05, 3.63) is 58.8 Å². The molecule has 0 aliphatic carbocycles. The zero-order chi connectivity index (χ0) is 22.7. The Labute approximate surface area is 190 Å². The highest BCUT2D eigenvalue weighted by molar-refractivity contribution is 5.83. The second kappa shape index (κ2) is 9.57. The van der Waals surface area contributed by atoms with Gasteiger partial charge >= 0.3 is 0 Å². The number of anilines is 1. The van der Waals surface area contributed by atoms with Crippen molar-refractivity contribution in [2.75, 3.05) is 44.7 Å². The molecule has 1 fully saturated rings. The number of hydrogen-bond donors (Lipinski definition) is 1. The first-order valence-electron chi connectivity index (χ1n) is 11.2. The van der Waals surface area contributed by atoms with Gasteiger partial charge in [-0.2, -0.15) is 0 Å². The number of phenols is 1. The maximum absolute atomic E-state index is 9.74. The van der Waals surface area contributed by atoms with E-state index in [2.05, 4.69) is 54.9 Å². The molecule has 1 N–H and O–H groups in total. The van der Waals surface area contributed by atoms with Crippen molar-refractivity contribution in [3.8, 4) is 11.5 Å². The number of aryl methyl sites for hydroxylation is 3. The van der Waals surface area contributed by atoms with Gasteiger partial charge in [0.25, 0.3) is 0 Å².